The molecule has 0 bridgehead atoms. The summed E-state index contributed by atoms with van der Waals surface area (Å²) in [6.07, 6.45) is 0. The molecule has 0 aliphatic heterocycles. The topological polar surface area (TPSA) is 24.9 Å². The predicted octanol–water partition coefficient (Wildman–Crippen LogP) is 4.62. The van der Waals surface area contributed by atoms with Gasteiger partial charge in [0.15, 0.2) is 0 Å². The third kappa shape index (κ3) is 4.22. The van der Waals surface area contributed by atoms with Crippen LogP contribution in [0.25, 0.3) is 10.9 Å². The Morgan fingerprint density at radius 1 is 1.20 bits per heavy atom. The van der Waals surface area contributed by atoms with Crippen molar-refractivity contribution < 1.29 is 0 Å². The zero-order chi connectivity index (χ0) is 14.8. The van der Waals surface area contributed by atoms with E-state index in [4.69, 9.17) is 4.98 Å². The van der Waals surface area contributed by atoms with Gasteiger partial charge in [-0.3, -0.25) is 0 Å². The Balaban J connectivity index is 2.41. The van der Waals surface area contributed by atoms with Crippen LogP contribution < -0.4 is 5.32 Å². The first-order valence-corrected chi connectivity index (χ1v) is 7.98. The number of nitrogens with zero attached hydrogens (tertiary/aromatic N) is 1. The normalized spacial score (nSPS) is 12.3. The Labute approximate surface area is 126 Å². The second-order valence-electron chi connectivity index (χ2n) is 6.40. The minimum absolute atomic E-state index is 0.169. The largest absolute Gasteiger partial charge is 0.310 e. The monoisotopic (exact) mass is 288 g/mol. The molecule has 0 saturated carbocycles. The zero-order valence-corrected chi connectivity index (χ0v) is 13.8. The molecule has 20 heavy (non-hydrogen) atoms. The van der Waals surface area contributed by atoms with Gasteiger partial charge in [-0.2, -0.15) is 0 Å². The number of para-hydroxylation sites is 1. The van der Waals surface area contributed by atoms with E-state index >= 15 is 0 Å². The van der Waals surface area contributed by atoms with Gasteiger partial charge in [0.25, 0.3) is 0 Å². The van der Waals surface area contributed by atoms with Gasteiger partial charge in [0.2, 0.25) is 0 Å². The quantitative estimate of drug-likeness (QED) is 0.831. The van der Waals surface area contributed by atoms with Gasteiger partial charge in [-0.25, -0.2) is 4.98 Å². The van der Waals surface area contributed by atoms with Gasteiger partial charge in [-0.05, 0) is 17.7 Å². The summed E-state index contributed by atoms with van der Waals surface area (Å²) in [5.41, 5.74) is 2.37. The Bertz CT molecular complexity index is 585. The molecule has 0 spiro atoms. The molecule has 1 N–H and O–H groups in total. The highest BCUT2D eigenvalue weighted by Gasteiger charge is 2.17. The molecule has 108 valence electrons. The third-order valence-corrected chi connectivity index (χ3v) is 4.03. The number of hydrogen-bond acceptors (Lipinski definition) is 3. The van der Waals surface area contributed by atoms with Crippen molar-refractivity contribution in [2.45, 2.75) is 57.0 Å². The molecule has 1 aromatic carbocycles. The van der Waals surface area contributed by atoms with Crippen LogP contribution in [0.5, 0.6) is 0 Å². The SMILES string of the molecule is CC(C)NCc1cc2ccccc2nc1SC(C)(C)C. The maximum absolute atomic E-state index is 4.86. The average molecular weight is 288 g/mol. The fourth-order valence-corrected chi connectivity index (χ4v) is 2.95. The lowest BCUT2D eigenvalue weighted by Crippen LogP contribution is -2.22. The summed E-state index contributed by atoms with van der Waals surface area (Å²) < 4.78 is 0.169. The summed E-state index contributed by atoms with van der Waals surface area (Å²) in [4.78, 5) is 4.86. The molecular weight excluding hydrogens is 264 g/mol. The highest BCUT2D eigenvalue weighted by atomic mass is 32.2. The highest BCUT2D eigenvalue weighted by Crippen LogP contribution is 2.34. The summed E-state index contributed by atoms with van der Waals surface area (Å²) >= 11 is 1.84. The number of rotatable bonds is 4. The second kappa shape index (κ2) is 6.15. The van der Waals surface area contributed by atoms with Gasteiger partial charge in [0.05, 0.1) is 5.52 Å². The van der Waals surface area contributed by atoms with Crippen molar-refractivity contribution in [1.82, 2.24) is 10.3 Å². The number of fused-ring (bicyclic) bond motifs is 1. The van der Waals surface area contributed by atoms with E-state index in [2.05, 4.69) is 64.2 Å². The van der Waals surface area contributed by atoms with Crippen LogP contribution in [-0.4, -0.2) is 15.8 Å². The number of hydrogen-bond donors (Lipinski definition) is 1. The van der Waals surface area contributed by atoms with Gasteiger partial charge in [0, 0.05) is 22.7 Å². The van der Waals surface area contributed by atoms with Crippen molar-refractivity contribution in [3.63, 3.8) is 0 Å². The van der Waals surface area contributed by atoms with Crippen molar-refractivity contribution in [3.8, 4) is 0 Å². The van der Waals surface area contributed by atoms with Gasteiger partial charge in [-0.15, -0.1) is 11.8 Å². The molecule has 3 heteroatoms. The summed E-state index contributed by atoms with van der Waals surface area (Å²) in [5.74, 6) is 0. The van der Waals surface area contributed by atoms with E-state index in [1.54, 1.807) is 0 Å². The number of nitrogens with one attached hydrogen (secondary N) is 1. The van der Waals surface area contributed by atoms with E-state index in [0.29, 0.717) is 6.04 Å². The van der Waals surface area contributed by atoms with Crippen LogP contribution in [0, 0.1) is 0 Å². The lowest BCUT2D eigenvalue weighted by Gasteiger charge is -2.20. The lowest BCUT2D eigenvalue weighted by molar-refractivity contribution is 0.583. The van der Waals surface area contributed by atoms with Crippen LogP contribution in [0.15, 0.2) is 35.4 Å². The van der Waals surface area contributed by atoms with Gasteiger partial charge in [-0.1, -0.05) is 52.8 Å². The van der Waals surface area contributed by atoms with E-state index in [-0.39, 0.29) is 4.75 Å². The minimum Gasteiger partial charge on any atom is -0.310 e. The zero-order valence-electron chi connectivity index (χ0n) is 13.0. The molecule has 1 aromatic heterocycles. The van der Waals surface area contributed by atoms with Crippen LogP contribution in [0.3, 0.4) is 0 Å². The fourth-order valence-electron chi connectivity index (χ4n) is 1.96. The number of aromatic nitrogens is 1. The average Bonchev–Trinajstić information content (AvgIpc) is 2.34. The highest BCUT2D eigenvalue weighted by molar-refractivity contribution is 8.00. The summed E-state index contributed by atoms with van der Waals surface area (Å²) in [5, 5.41) is 5.86. The molecule has 0 aliphatic rings. The third-order valence-electron chi connectivity index (χ3n) is 2.87. The van der Waals surface area contributed by atoms with E-state index in [1.807, 2.05) is 17.8 Å². The first-order chi connectivity index (χ1) is 9.35. The van der Waals surface area contributed by atoms with E-state index in [9.17, 15) is 0 Å². The predicted molar refractivity (Wildman–Crippen MR) is 89.3 cm³/mol. The van der Waals surface area contributed by atoms with Gasteiger partial charge < -0.3 is 5.32 Å². The van der Waals surface area contributed by atoms with Crippen LogP contribution in [0.1, 0.15) is 40.2 Å². The summed E-state index contributed by atoms with van der Waals surface area (Å²) in [7, 11) is 0. The molecule has 0 radical (unpaired) electrons. The molecule has 0 aliphatic carbocycles. The molecule has 0 saturated heterocycles. The molecule has 1 heterocycles. The van der Waals surface area contributed by atoms with Crippen LogP contribution in [0.4, 0.5) is 0 Å². The molecule has 2 rings (SSSR count). The van der Waals surface area contributed by atoms with Crippen molar-refractivity contribution in [3.05, 3.63) is 35.9 Å². The Morgan fingerprint density at radius 2 is 1.90 bits per heavy atom. The molecule has 2 aromatic rings. The fraction of sp³-hybridized carbons (Fsp3) is 0.471. The second-order valence-corrected chi connectivity index (χ2v) is 8.21. The first-order valence-electron chi connectivity index (χ1n) is 7.16. The molecule has 0 unspecified atom stereocenters. The number of pyridine rings is 1. The van der Waals surface area contributed by atoms with Crippen LogP contribution >= 0.6 is 11.8 Å². The van der Waals surface area contributed by atoms with Crippen LogP contribution in [0.2, 0.25) is 0 Å². The Morgan fingerprint density at radius 3 is 2.55 bits per heavy atom. The molecule has 0 atom stereocenters. The lowest BCUT2D eigenvalue weighted by atomic mass is 10.1. The van der Waals surface area contributed by atoms with Gasteiger partial charge >= 0.3 is 0 Å². The maximum atomic E-state index is 4.86. The van der Waals surface area contributed by atoms with Gasteiger partial charge in [0.1, 0.15) is 5.03 Å². The molecule has 0 fully saturated rings. The molecular formula is C17H24N2S. The van der Waals surface area contributed by atoms with Crippen molar-refractivity contribution in [1.29, 1.82) is 0 Å². The molecule has 0 amide bonds. The molecule has 2 nitrogen and oxygen atoms in total. The van der Waals surface area contributed by atoms with E-state index in [1.165, 1.54) is 10.9 Å². The maximum Gasteiger partial charge on any atom is 0.102 e. The van der Waals surface area contributed by atoms with Crippen LogP contribution in [-0.2, 0) is 6.54 Å². The standard InChI is InChI=1S/C17H24N2S/c1-12(2)18-11-14-10-13-8-6-7-9-15(13)19-16(14)20-17(3,4)5/h6-10,12,18H,11H2,1-5H3. The number of benzene rings is 1. The summed E-state index contributed by atoms with van der Waals surface area (Å²) in [6, 6.07) is 11.1. The van der Waals surface area contributed by atoms with Crippen molar-refractivity contribution in [2.75, 3.05) is 0 Å². The summed E-state index contributed by atoms with van der Waals surface area (Å²) in [6.45, 7) is 11.9. The van der Waals surface area contributed by atoms with E-state index < -0.39 is 0 Å². The van der Waals surface area contributed by atoms with E-state index in [0.717, 1.165) is 17.1 Å². The Hall–Kier alpha value is -1.06. The van der Waals surface area contributed by atoms with Crippen molar-refractivity contribution in [2.24, 2.45) is 0 Å². The van der Waals surface area contributed by atoms with Crippen molar-refractivity contribution >= 4 is 22.7 Å². The first kappa shape index (κ1) is 15.3. The minimum atomic E-state index is 0.169. The number of thioether (sulfide) groups is 1. The Kier molecular flexibility index (Phi) is 4.71. The smallest absolute Gasteiger partial charge is 0.102 e.